The molecule has 3 rings (SSSR count). The first kappa shape index (κ1) is 13.0. The van der Waals surface area contributed by atoms with E-state index in [1.807, 2.05) is 24.3 Å². The number of rotatable bonds is 3. The number of carbonyl (C=O) groups excluding carboxylic acids is 1. The molecular weight excluding hydrogens is 256 g/mol. The van der Waals surface area contributed by atoms with Gasteiger partial charge in [0.1, 0.15) is 0 Å². The van der Waals surface area contributed by atoms with E-state index < -0.39 is 5.97 Å². The number of benzene rings is 1. The van der Waals surface area contributed by atoms with Gasteiger partial charge in [-0.05, 0) is 30.9 Å². The summed E-state index contributed by atoms with van der Waals surface area (Å²) >= 11 is 0. The lowest BCUT2D eigenvalue weighted by Crippen LogP contribution is -2.37. The maximum Gasteiger partial charge on any atom is 0.306 e. The van der Waals surface area contributed by atoms with Gasteiger partial charge in [-0.15, -0.1) is 0 Å². The second-order valence-corrected chi connectivity index (χ2v) is 5.57. The minimum absolute atomic E-state index is 0.00140. The molecule has 1 aliphatic heterocycles. The number of para-hydroxylation sites is 1. The standard InChI is InChI=1S/C15H18N2O3/c18-14(17-10-6-5-9(7-10)15(19)20)12-8-16-13-4-2-1-3-11(12)13/h1-4,9-10,12,16H,5-8H2,(H,17,18)(H,19,20)/t9-,10+,12?/m1/s1. The van der Waals surface area contributed by atoms with Crippen LogP contribution in [-0.2, 0) is 9.59 Å². The van der Waals surface area contributed by atoms with Gasteiger partial charge in [-0.25, -0.2) is 0 Å². The van der Waals surface area contributed by atoms with Gasteiger partial charge in [0.05, 0.1) is 11.8 Å². The van der Waals surface area contributed by atoms with Crippen molar-refractivity contribution >= 4 is 17.6 Å². The molecule has 0 bridgehead atoms. The van der Waals surface area contributed by atoms with Crippen molar-refractivity contribution < 1.29 is 14.7 Å². The summed E-state index contributed by atoms with van der Waals surface area (Å²) in [6, 6.07) is 7.81. The van der Waals surface area contributed by atoms with Crippen molar-refractivity contribution in [3.63, 3.8) is 0 Å². The molecule has 2 aliphatic rings. The molecule has 1 saturated carbocycles. The highest BCUT2D eigenvalue weighted by Crippen LogP contribution is 2.32. The summed E-state index contributed by atoms with van der Waals surface area (Å²) in [7, 11) is 0. The van der Waals surface area contributed by atoms with Crippen LogP contribution in [0.3, 0.4) is 0 Å². The second kappa shape index (κ2) is 5.15. The highest BCUT2D eigenvalue weighted by atomic mass is 16.4. The predicted molar refractivity (Wildman–Crippen MR) is 74.6 cm³/mol. The van der Waals surface area contributed by atoms with Gasteiger partial charge in [0.15, 0.2) is 0 Å². The van der Waals surface area contributed by atoms with Crippen molar-refractivity contribution in [1.29, 1.82) is 0 Å². The van der Waals surface area contributed by atoms with E-state index in [2.05, 4.69) is 10.6 Å². The zero-order valence-corrected chi connectivity index (χ0v) is 11.1. The maximum absolute atomic E-state index is 12.3. The number of nitrogens with one attached hydrogen (secondary N) is 2. The highest BCUT2D eigenvalue weighted by Gasteiger charge is 2.34. The summed E-state index contributed by atoms with van der Waals surface area (Å²) in [6.07, 6.45) is 1.95. The van der Waals surface area contributed by atoms with Crippen molar-refractivity contribution in [3.05, 3.63) is 29.8 Å². The summed E-state index contributed by atoms with van der Waals surface area (Å²) in [4.78, 5) is 23.3. The Balaban J connectivity index is 1.63. The fraction of sp³-hybridized carbons (Fsp3) is 0.467. The molecule has 20 heavy (non-hydrogen) atoms. The van der Waals surface area contributed by atoms with E-state index >= 15 is 0 Å². The largest absolute Gasteiger partial charge is 0.481 e. The Morgan fingerprint density at radius 3 is 2.80 bits per heavy atom. The van der Waals surface area contributed by atoms with Crippen LogP contribution in [0.5, 0.6) is 0 Å². The number of hydrogen-bond acceptors (Lipinski definition) is 3. The van der Waals surface area contributed by atoms with Gasteiger partial charge in [-0.2, -0.15) is 0 Å². The molecule has 1 heterocycles. The van der Waals surface area contributed by atoms with E-state index in [9.17, 15) is 9.59 Å². The lowest BCUT2D eigenvalue weighted by Gasteiger charge is -2.16. The Morgan fingerprint density at radius 1 is 1.25 bits per heavy atom. The van der Waals surface area contributed by atoms with E-state index in [0.29, 0.717) is 19.4 Å². The number of carboxylic acids is 1. The molecule has 1 aromatic rings. The lowest BCUT2D eigenvalue weighted by molar-refractivity contribution is -0.141. The molecule has 5 nitrogen and oxygen atoms in total. The molecular formula is C15H18N2O3. The van der Waals surface area contributed by atoms with Crippen molar-refractivity contribution in [2.24, 2.45) is 5.92 Å². The minimum atomic E-state index is -0.755. The van der Waals surface area contributed by atoms with Crippen LogP contribution in [0.1, 0.15) is 30.7 Å². The van der Waals surface area contributed by atoms with Crippen LogP contribution >= 0.6 is 0 Å². The van der Waals surface area contributed by atoms with E-state index in [0.717, 1.165) is 17.7 Å². The summed E-state index contributed by atoms with van der Waals surface area (Å²) in [5.74, 6) is -1.24. The molecule has 106 valence electrons. The molecule has 3 atom stereocenters. The van der Waals surface area contributed by atoms with Gasteiger partial charge >= 0.3 is 5.97 Å². The predicted octanol–water partition coefficient (Wildman–Crippen LogP) is 1.57. The molecule has 5 heteroatoms. The topological polar surface area (TPSA) is 78.4 Å². The average Bonchev–Trinajstić information content (AvgIpc) is 3.04. The third-order valence-electron chi connectivity index (χ3n) is 4.28. The molecule has 1 unspecified atom stereocenters. The number of fused-ring (bicyclic) bond motifs is 1. The molecule has 0 spiro atoms. The molecule has 1 amide bonds. The van der Waals surface area contributed by atoms with E-state index in [-0.39, 0.29) is 23.8 Å². The van der Waals surface area contributed by atoms with Gasteiger partial charge in [-0.1, -0.05) is 18.2 Å². The number of carbonyl (C=O) groups is 2. The zero-order chi connectivity index (χ0) is 14.1. The fourth-order valence-corrected chi connectivity index (χ4v) is 3.16. The Kier molecular flexibility index (Phi) is 3.34. The Labute approximate surface area is 117 Å². The van der Waals surface area contributed by atoms with Gasteiger partial charge in [0.25, 0.3) is 0 Å². The third kappa shape index (κ3) is 2.35. The summed E-state index contributed by atoms with van der Waals surface area (Å²) < 4.78 is 0. The van der Waals surface area contributed by atoms with Crippen LogP contribution in [0.25, 0.3) is 0 Å². The first-order valence-electron chi connectivity index (χ1n) is 7.01. The van der Waals surface area contributed by atoms with Crippen molar-refractivity contribution in [1.82, 2.24) is 5.32 Å². The molecule has 0 radical (unpaired) electrons. The summed E-state index contributed by atoms with van der Waals surface area (Å²) in [5, 5.41) is 15.2. The number of carboxylic acid groups (broad SMARTS) is 1. The Bertz CT molecular complexity index is 544. The maximum atomic E-state index is 12.3. The quantitative estimate of drug-likeness (QED) is 0.781. The van der Waals surface area contributed by atoms with Crippen molar-refractivity contribution in [3.8, 4) is 0 Å². The van der Waals surface area contributed by atoms with Crippen LogP contribution in [0.2, 0.25) is 0 Å². The van der Waals surface area contributed by atoms with Gasteiger partial charge < -0.3 is 15.7 Å². The molecule has 1 fully saturated rings. The fourth-order valence-electron chi connectivity index (χ4n) is 3.16. The van der Waals surface area contributed by atoms with E-state index in [1.165, 1.54) is 0 Å². The molecule has 0 aromatic heterocycles. The molecule has 1 aliphatic carbocycles. The van der Waals surface area contributed by atoms with Crippen molar-refractivity contribution in [2.45, 2.75) is 31.2 Å². The number of amides is 1. The van der Waals surface area contributed by atoms with Gasteiger partial charge in [0.2, 0.25) is 5.91 Å². The first-order chi connectivity index (χ1) is 9.65. The highest BCUT2D eigenvalue weighted by molar-refractivity contribution is 5.88. The van der Waals surface area contributed by atoms with E-state index in [1.54, 1.807) is 0 Å². The smallest absolute Gasteiger partial charge is 0.306 e. The van der Waals surface area contributed by atoms with Crippen molar-refractivity contribution in [2.75, 3.05) is 11.9 Å². The molecule has 3 N–H and O–H groups in total. The Morgan fingerprint density at radius 2 is 2.05 bits per heavy atom. The number of aliphatic carboxylic acids is 1. The third-order valence-corrected chi connectivity index (χ3v) is 4.28. The number of hydrogen-bond donors (Lipinski definition) is 3. The normalized spacial score (nSPS) is 27.7. The van der Waals surface area contributed by atoms with Crippen LogP contribution in [0.4, 0.5) is 5.69 Å². The van der Waals surface area contributed by atoms with Gasteiger partial charge in [-0.3, -0.25) is 9.59 Å². The van der Waals surface area contributed by atoms with Crippen LogP contribution in [0, 0.1) is 5.92 Å². The first-order valence-corrected chi connectivity index (χ1v) is 7.01. The molecule has 0 saturated heterocycles. The second-order valence-electron chi connectivity index (χ2n) is 5.57. The van der Waals surface area contributed by atoms with Crippen LogP contribution in [-0.4, -0.2) is 29.6 Å². The monoisotopic (exact) mass is 274 g/mol. The van der Waals surface area contributed by atoms with Gasteiger partial charge in [0, 0.05) is 18.3 Å². The zero-order valence-electron chi connectivity index (χ0n) is 11.1. The van der Waals surface area contributed by atoms with Crippen LogP contribution < -0.4 is 10.6 Å². The minimum Gasteiger partial charge on any atom is -0.481 e. The Hall–Kier alpha value is -2.04. The number of anilines is 1. The lowest BCUT2D eigenvalue weighted by atomic mass is 10.00. The molecule has 1 aromatic carbocycles. The van der Waals surface area contributed by atoms with Crippen LogP contribution in [0.15, 0.2) is 24.3 Å². The average molecular weight is 274 g/mol. The SMILES string of the molecule is O=C(N[C@H]1CC[C@@H](C(=O)O)C1)C1CNc2ccccc21. The summed E-state index contributed by atoms with van der Waals surface area (Å²) in [5.41, 5.74) is 2.04. The summed E-state index contributed by atoms with van der Waals surface area (Å²) in [6.45, 7) is 0.611. The van der Waals surface area contributed by atoms with E-state index in [4.69, 9.17) is 5.11 Å².